The van der Waals surface area contributed by atoms with Crippen LogP contribution >= 0.6 is 0 Å². The summed E-state index contributed by atoms with van der Waals surface area (Å²) in [5.41, 5.74) is 4.31. The number of nitrogens with zero attached hydrogens (tertiary/aromatic N) is 1. The molecule has 1 saturated heterocycles. The molecule has 3 unspecified atom stereocenters. The van der Waals surface area contributed by atoms with E-state index in [1.807, 2.05) is 0 Å². The molecule has 2 nitrogen and oxygen atoms in total. The third kappa shape index (κ3) is 2.64. The van der Waals surface area contributed by atoms with Crippen LogP contribution in [0.1, 0.15) is 38.3 Å². The first-order valence-corrected chi connectivity index (χ1v) is 7.73. The summed E-state index contributed by atoms with van der Waals surface area (Å²) < 4.78 is 0. The van der Waals surface area contributed by atoms with Gasteiger partial charge in [0.15, 0.2) is 0 Å². The van der Waals surface area contributed by atoms with E-state index in [0.717, 1.165) is 24.9 Å². The largest absolute Gasteiger partial charge is 0.384 e. The Bertz CT molecular complexity index is 455. The van der Waals surface area contributed by atoms with Gasteiger partial charge in [0.05, 0.1) is 0 Å². The molecular formula is C17H26N2. The Morgan fingerprint density at radius 2 is 2.11 bits per heavy atom. The summed E-state index contributed by atoms with van der Waals surface area (Å²) in [6.45, 7) is 10.6. The maximum atomic E-state index is 3.49. The van der Waals surface area contributed by atoms with Gasteiger partial charge in [-0.25, -0.2) is 0 Å². The molecule has 0 aliphatic carbocycles. The van der Waals surface area contributed by atoms with Crippen LogP contribution in [0, 0.1) is 11.8 Å². The molecule has 2 aliphatic heterocycles. The Labute approximate surface area is 117 Å². The first kappa shape index (κ1) is 13.0. The molecule has 0 spiro atoms. The van der Waals surface area contributed by atoms with Gasteiger partial charge in [0.25, 0.3) is 0 Å². The van der Waals surface area contributed by atoms with Crippen LogP contribution < -0.4 is 5.32 Å². The first-order chi connectivity index (χ1) is 9.13. The minimum absolute atomic E-state index is 0.706. The molecule has 0 amide bonds. The van der Waals surface area contributed by atoms with E-state index in [0.29, 0.717) is 6.04 Å². The van der Waals surface area contributed by atoms with Crippen molar-refractivity contribution in [2.45, 2.75) is 46.2 Å². The fraction of sp³-hybridized carbons (Fsp3) is 0.647. The fourth-order valence-electron chi connectivity index (χ4n) is 3.71. The number of hydrogen-bond donors (Lipinski definition) is 1. The Balaban J connectivity index is 1.73. The highest BCUT2D eigenvalue weighted by Crippen LogP contribution is 2.29. The van der Waals surface area contributed by atoms with E-state index in [1.165, 1.54) is 36.2 Å². The van der Waals surface area contributed by atoms with Crippen LogP contribution in [0.15, 0.2) is 18.2 Å². The van der Waals surface area contributed by atoms with Crippen LogP contribution in [-0.4, -0.2) is 24.0 Å². The van der Waals surface area contributed by atoms with Crippen molar-refractivity contribution in [1.82, 2.24) is 4.90 Å². The van der Waals surface area contributed by atoms with Gasteiger partial charge in [0.1, 0.15) is 0 Å². The molecule has 3 rings (SSSR count). The van der Waals surface area contributed by atoms with Crippen molar-refractivity contribution in [1.29, 1.82) is 0 Å². The summed E-state index contributed by atoms with van der Waals surface area (Å²) in [5.74, 6) is 1.65. The predicted octanol–water partition coefficient (Wildman–Crippen LogP) is 3.52. The molecular weight excluding hydrogens is 232 g/mol. The summed E-state index contributed by atoms with van der Waals surface area (Å²) in [5, 5.41) is 3.49. The molecule has 1 fully saturated rings. The number of anilines is 1. The van der Waals surface area contributed by atoms with Gasteiger partial charge in [0, 0.05) is 31.4 Å². The smallest absolute Gasteiger partial charge is 0.0376 e. The molecule has 0 bridgehead atoms. The number of rotatable bonds is 2. The summed E-state index contributed by atoms with van der Waals surface area (Å²) in [6.07, 6.45) is 2.56. The van der Waals surface area contributed by atoms with Crippen LogP contribution in [0.4, 0.5) is 5.69 Å². The van der Waals surface area contributed by atoms with E-state index >= 15 is 0 Å². The number of hydrogen-bond acceptors (Lipinski definition) is 2. The normalized spacial score (nSPS) is 31.0. The van der Waals surface area contributed by atoms with Gasteiger partial charge in [-0.05, 0) is 48.8 Å². The summed E-state index contributed by atoms with van der Waals surface area (Å²) in [6, 6.07) is 7.70. The molecule has 0 aromatic heterocycles. The number of piperidine rings is 1. The molecule has 2 heterocycles. The van der Waals surface area contributed by atoms with E-state index in [2.05, 4.69) is 49.2 Å². The zero-order valence-corrected chi connectivity index (χ0v) is 12.4. The molecule has 104 valence electrons. The monoisotopic (exact) mass is 258 g/mol. The zero-order valence-electron chi connectivity index (χ0n) is 12.4. The maximum absolute atomic E-state index is 3.49. The van der Waals surface area contributed by atoms with Gasteiger partial charge in [-0.2, -0.15) is 0 Å². The number of likely N-dealkylation sites (tertiary alicyclic amines) is 1. The van der Waals surface area contributed by atoms with Crippen LogP contribution in [0.2, 0.25) is 0 Å². The van der Waals surface area contributed by atoms with Crippen molar-refractivity contribution >= 4 is 5.69 Å². The van der Waals surface area contributed by atoms with E-state index in [9.17, 15) is 0 Å². The second kappa shape index (κ2) is 5.16. The third-order valence-electron chi connectivity index (χ3n) is 4.99. The maximum Gasteiger partial charge on any atom is 0.0376 e. The van der Waals surface area contributed by atoms with Gasteiger partial charge in [-0.3, -0.25) is 4.90 Å². The van der Waals surface area contributed by atoms with Crippen molar-refractivity contribution in [3.63, 3.8) is 0 Å². The van der Waals surface area contributed by atoms with Crippen molar-refractivity contribution < 1.29 is 0 Å². The summed E-state index contributed by atoms with van der Waals surface area (Å²) in [4.78, 5) is 2.66. The third-order valence-corrected chi connectivity index (χ3v) is 4.99. The number of benzene rings is 1. The highest BCUT2D eigenvalue weighted by atomic mass is 15.2. The molecule has 2 aliphatic rings. The molecule has 1 aromatic rings. The van der Waals surface area contributed by atoms with Crippen molar-refractivity contribution in [3.05, 3.63) is 29.3 Å². The lowest BCUT2D eigenvalue weighted by Gasteiger charge is -2.41. The average molecular weight is 258 g/mol. The highest BCUT2D eigenvalue weighted by Gasteiger charge is 2.28. The van der Waals surface area contributed by atoms with Gasteiger partial charge in [0.2, 0.25) is 0 Å². The van der Waals surface area contributed by atoms with Gasteiger partial charge in [-0.1, -0.05) is 26.0 Å². The highest BCUT2D eigenvalue weighted by molar-refractivity contribution is 5.57. The van der Waals surface area contributed by atoms with Crippen molar-refractivity contribution in [3.8, 4) is 0 Å². The lowest BCUT2D eigenvalue weighted by Crippen LogP contribution is -2.45. The van der Waals surface area contributed by atoms with Crippen LogP contribution in [0.3, 0.4) is 0 Å². The van der Waals surface area contributed by atoms with Crippen molar-refractivity contribution in [2.24, 2.45) is 11.8 Å². The number of fused-ring (bicyclic) bond motifs is 1. The molecule has 1 aromatic carbocycles. The fourth-order valence-corrected chi connectivity index (χ4v) is 3.71. The minimum Gasteiger partial charge on any atom is -0.384 e. The van der Waals surface area contributed by atoms with E-state index in [-0.39, 0.29) is 0 Å². The Hall–Kier alpha value is -1.02. The molecule has 19 heavy (non-hydrogen) atoms. The Morgan fingerprint density at radius 1 is 1.26 bits per heavy atom. The number of nitrogens with one attached hydrogen (secondary N) is 1. The summed E-state index contributed by atoms with van der Waals surface area (Å²) in [7, 11) is 0. The van der Waals surface area contributed by atoms with Crippen LogP contribution in [-0.2, 0) is 13.0 Å². The van der Waals surface area contributed by atoms with E-state index in [1.54, 1.807) is 0 Å². The minimum atomic E-state index is 0.706. The quantitative estimate of drug-likeness (QED) is 0.873. The molecule has 3 atom stereocenters. The lowest BCUT2D eigenvalue weighted by atomic mass is 9.86. The molecule has 2 heteroatoms. The average Bonchev–Trinajstić information content (AvgIpc) is 2.82. The molecule has 1 N–H and O–H groups in total. The second-order valence-corrected chi connectivity index (χ2v) is 6.66. The zero-order chi connectivity index (χ0) is 13.4. The predicted molar refractivity (Wildman–Crippen MR) is 81.5 cm³/mol. The van der Waals surface area contributed by atoms with Gasteiger partial charge >= 0.3 is 0 Å². The van der Waals surface area contributed by atoms with Gasteiger partial charge in [-0.15, -0.1) is 0 Å². The van der Waals surface area contributed by atoms with Crippen LogP contribution in [0.25, 0.3) is 0 Å². The summed E-state index contributed by atoms with van der Waals surface area (Å²) >= 11 is 0. The lowest BCUT2D eigenvalue weighted by molar-refractivity contribution is 0.0730. The molecule has 0 radical (unpaired) electrons. The Kier molecular flexibility index (Phi) is 3.53. The standard InChI is InChI=1S/C17H26N2/c1-12-8-13(2)14(3)19(10-12)11-15-4-5-16-6-7-18-17(16)9-15/h4-5,9,12-14,18H,6-8,10-11H2,1-3H3. The molecule has 0 saturated carbocycles. The first-order valence-electron chi connectivity index (χ1n) is 7.73. The second-order valence-electron chi connectivity index (χ2n) is 6.66. The van der Waals surface area contributed by atoms with E-state index in [4.69, 9.17) is 0 Å². The van der Waals surface area contributed by atoms with E-state index < -0.39 is 0 Å². The Morgan fingerprint density at radius 3 is 2.95 bits per heavy atom. The van der Waals surface area contributed by atoms with Crippen molar-refractivity contribution in [2.75, 3.05) is 18.4 Å². The van der Waals surface area contributed by atoms with Crippen LogP contribution in [0.5, 0.6) is 0 Å². The SMILES string of the molecule is CC1CC(C)C(C)N(Cc2ccc3c(c2)NCC3)C1. The topological polar surface area (TPSA) is 15.3 Å². The van der Waals surface area contributed by atoms with Gasteiger partial charge < -0.3 is 5.32 Å².